The Bertz CT molecular complexity index is 287. The van der Waals surface area contributed by atoms with Gasteiger partial charge in [0.2, 0.25) is 0 Å². The predicted octanol–water partition coefficient (Wildman–Crippen LogP) is 2.49. The van der Waals surface area contributed by atoms with E-state index in [1.54, 1.807) is 0 Å². The first-order valence-electron chi connectivity index (χ1n) is 4.97. The Morgan fingerprint density at radius 1 is 1.36 bits per heavy atom. The Morgan fingerprint density at radius 2 is 2.00 bits per heavy atom. The molecule has 0 fully saturated rings. The lowest BCUT2D eigenvalue weighted by molar-refractivity contribution is 0.593. The molecule has 2 atom stereocenters. The quantitative estimate of drug-likeness (QED) is 0.796. The van der Waals surface area contributed by atoms with Crippen molar-refractivity contribution in [3.63, 3.8) is 0 Å². The highest BCUT2D eigenvalue weighted by molar-refractivity contribution is 7.83. The van der Waals surface area contributed by atoms with Gasteiger partial charge in [-0.05, 0) is 25.5 Å². The Kier molecular flexibility index (Phi) is 4.84. The minimum absolute atomic E-state index is 0.307. The van der Waals surface area contributed by atoms with E-state index in [4.69, 9.17) is 0 Å². The van der Waals surface area contributed by atoms with Crippen LogP contribution in [0, 0.1) is 0 Å². The minimum Gasteiger partial charge on any atom is -0.237 e. The molecule has 1 N–H and O–H groups in total. The molecule has 0 saturated heterocycles. The second kappa shape index (κ2) is 5.94. The average molecular weight is 211 g/mol. The summed E-state index contributed by atoms with van der Waals surface area (Å²) in [6.45, 7) is 4.19. The van der Waals surface area contributed by atoms with E-state index in [9.17, 15) is 4.21 Å². The number of benzene rings is 1. The Hall–Kier alpha value is -0.670. The van der Waals surface area contributed by atoms with Gasteiger partial charge in [0.1, 0.15) is 11.0 Å². The van der Waals surface area contributed by atoms with Crippen LogP contribution in [0.25, 0.3) is 0 Å². The summed E-state index contributed by atoms with van der Waals surface area (Å²) in [6, 6.07) is 9.79. The first kappa shape index (κ1) is 11.4. The van der Waals surface area contributed by atoms with Gasteiger partial charge in [0.15, 0.2) is 0 Å². The number of hydrogen-bond acceptors (Lipinski definition) is 1. The summed E-state index contributed by atoms with van der Waals surface area (Å²) in [5, 5.41) is 0. The van der Waals surface area contributed by atoms with Crippen molar-refractivity contribution in [3.05, 3.63) is 30.3 Å². The van der Waals surface area contributed by atoms with Crippen molar-refractivity contribution >= 4 is 11.0 Å². The summed E-state index contributed by atoms with van der Waals surface area (Å²) in [7, 11) is -1.06. The molecular formula is C11H17NOS. The third-order valence-corrected chi connectivity index (χ3v) is 3.30. The van der Waals surface area contributed by atoms with E-state index in [-0.39, 0.29) is 0 Å². The smallest absolute Gasteiger partial charge is 0.125 e. The van der Waals surface area contributed by atoms with E-state index in [0.717, 1.165) is 17.7 Å². The fourth-order valence-corrected chi connectivity index (χ4v) is 2.31. The van der Waals surface area contributed by atoms with E-state index in [1.165, 1.54) is 0 Å². The first-order valence-corrected chi connectivity index (χ1v) is 6.12. The summed E-state index contributed by atoms with van der Waals surface area (Å²) in [5.41, 5.74) is 0. The number of nitrogens with one attached hydrogen (secondary N) is 1. The third kappa shape index (κ3) is 3.60. The third-order valence-electron chi connectivity index (χ3n) is 1.99. The van der Waals surface area contributed by atoms with Gasteiger partial charge in [-0.25, -0.2) is 8.93 Å². The first-order chi connectivity index (χ1) is 6.74. The van der Waals surface area contributed by atoms with Gasteiger partial charge in [-0.1, -0.05) is 31.5 Å². The number of hydrogen-bond donors (Lipinski definition) is 1. The maximum atomic E-state index is 11.7. The van der Waals surface area contributed by atoms with Crippen molar-refractivity contribution in [2.45, 2.75) is 37.6 Å². The molecule has 14 heavy (non-hydrogen) atoms. The van der Waals surface area contributed by atoms with Crippen molar-refractivity contribution in [3.8, 4) is 0 Å². The SMILES string of the molecule is CCCC(C)NS(=O)c1ccccc1. The van der Waals surface area contributed by atoms with Gasteiger partial charge in [-0.15, -0.1) is 0 Å². The van der Waals surface area contributed by atoms with Gasteiger partial charge in [0.25, 0.3) is 0 Å². The summed E-state index contributed by atoms with van der Waals surface area (Å²) < 4.78 is 14.8. The van der Waals surface area contributed by atoms with Crippen LogP contribution in [-0.2, 0) is 11.0 Å². The molecule has 0 spiro atoms. The highest BCUT2D eigenvalue weighted by atomic mass is 32.2. The van der Waals surface area contributed by atoms with Crippen LogP contribution in [0.3, 0.4) is 0 Å². The molecule has 1 aromatic carbocycles. The topological polar surface area (TPSA) is 29.1 Å². The molecule has 0 aliphatic rings. The summed E-state index contributed by atoms with van der Waals surface area (Å²) in [5.74, 6) is 0. The molecule has 78 valence electrons. The van der Waals surface area contributed by atoms with Crippen LogP contribution < -0.4 is 4.72 Å². The van der Waals surface area contributed by atoms with E-state index in [0.29, 0.717) is 6.04 Å². The normalized spacial score (nSPS) is 15.0. The molecule has 0 bridgehead atoms. The lowest BCUT2D eigenvalue weighted by atomic mass is 10.2. The molecule has 1 rings (SSSR count). The average Bonchev–Trinajstić information content (AvgIpc) is 2.19. The molecule has 0 aromatic heterocycles. The van der Waals surface area contributed by atoms with E-state index >= 15 is 0 Å². The van der Waals surface area contributed by atoms with Crippen molar-refractivity contribution in [1.29, 1.82) is 0 Å². The molecule has 3 heteroatoms. The van der Waals surface area contributed by atoms with Crippen LogP contribution >= 0.6 is 0 Å². The molecule has 0 aliphatic heterocycles. The monoisotopic (exact) mass is 211 g/mol. The Balaban J connectivity index is 2.51. The molecule has 2 nitrogen and oxygen atoms in total. The van der Waals surface area contributed by atoms with Crippen LogP contribution in [0.1, 0.15) is 26.7 Å². The molecule has 0 aliphatic carbocycles. The minimum atomic E-state index is -1.06. The molecule has 0 radical (unpaired) electrons. The van der Waals surface area contributed by atoms with Crippen LogP contribution in [0.5, 0.6) is 0 Å². The van der Waals surface area contributed by atoms with E-state index in [2.05, 4.69) is 18.6 Å². The highest BCUT2D eigenvalue weighted by Crippen LogP contribution is 2.05. The van der Waals surface area contributed by atoms with Gasteiger partial charge < -0.3 is 0 Å². The Morgan fingerprint density at radius 3 is 2.57 bits per heavy atom. The maximum Gasteiger partial charge on any atom is 0.125 e. The molecule has 0 amide bonds. The van der Waals surface area contributed by atoms with Gasteiger partial charge in [-0.3, -0.25) is 0 Å². The predicted molar refractivity (Wildman–Crippen MR) is 60.4 cm³/mol. The van der Waals surface area contributed by atoms with Crippen LogP contribution in [0.4, 0.5) is 0 Å². The van der Waals surface area contributed by atoms with Crippen molar-refractivity contribution in [2.75, 3.05) is 0 Å². The highest BCUT2D eigenvalue weighted by Gasteiger charge is 2.06. The molecule has 0 heterocycles. The van der Waals surface area contributed by atoms with Crippen LogP contribution in [0.15, 0.2) is 35.2 Å². The molecule has 2 unspecified atom stereocenters. The van der Waals surface area contributed by atoms with Gasteiger partial charge >= 0.3 is 0 Å². The zero-order valence-corrected chi connectivity index (χ0v) is 9.51. The lowest BCUT2D eigenvalue weighted by Crippen LogP contribution is -2.27. The van der Waals surface area contributed by atoms with E-state index in [1.807, 2.05) is 30.3 Å². The number of rotatable bonds is 5. The summed E-state index contributed by atoms with van der Waals surface area (Å²) >= 11 is 0. The Labute approximate surface area is 88.3 Å². The second-order valence-electron chi connectivity index (χ2n) is 3.39. The molecule has 0 saturated carbocycles. The second-order valence-corrected chi connectivity index (χ2v) is 4.63. The maximum absolute atomic E-state index is 11.7. The summed E-state index contributed by atoms with van der Waals surface area (Å²) in [6.07, 6.45) is 2.17. The van der Waals surface area contributed by atoms with Crippen LogP contribution in [-0.4, -0.2) is 10.3 Å². The zero-order chi connectivity index (χ0) is 10.4. The van der Waals surface area contributed by atoms with Crippen molar-refractivity contribution < 1.29 is 4.21 Å². The standard InChI is InChI=1S/C11H17NOS/c1-3-7-10(2)12-14(13)11-8-5-4-6-9-11/h4-6,8-10,12H,3,7H2,1-2H3. The van der Waals surface area contributed by atoms with Crippen LogP contribution in [0.2, 0.25) is 0 Å². The fraction of sp³-hybridized carbons (Fsp3) is 0.455. The largest absolute Gasteiger partial charge is 0.237 e. The van der Waals surface area contributed by atoms with Gasteiger partial charge in [0.05, 0.1) is 4.90 Å². The van der Waals surface area contributed by atoms with Crippen molar-refractivity contribution in [2.24, 2.45) is 0 Å². The van der Waals surface area contributed by atoms with Gasteiger partial charge in [0, 0.05) is 6.04 Å². The fourth-order valence-electron chi connectivity index (χ4n) is 1.29. The van der Waals surface area contributed by atoms with E-state index < -0.39 is 11.0 Å². The zero-order valence-electron chi connectivity index (χ0n) is 8.69. The van der Waals surface area contributed by atoms with Crippen molar-refractivity contribution in [1.82, 2.24) is 4.72 Å². The lowest BCUT2D eigenvalue weighted by Gasteiger charge is -2.11. The van der Waals surface area contributed by atoms with Gasteiger partial charge in [-0.2, -0.15) is 0 Å². The summed E-state index contributed by atoms with van der Waals surface area (Å²) in [4.78, 5) is 0.843. The molecular weight excluding hydrogens is 194 g/mol. The molecule has 1 aromatic rings.